The van der Waals surface area contributed by atoms with Gasteiger partial charge in [-0.25, -0.2) is 4.39 Å². The van der Waals surface area contributed by atoms with Gasteiger partial charge in [-0.1, -0.05) is 11.6 Å². The number of ether oxygens (including phenoxy) is 1. The van der Waals surface area contributed by atoms with E-state index in [0.29, 0.717) is 17.9 Å². The summed E-state index contributed by atoms with van der Waals surface area (Å²) in [6, 6.07) is 7.50. The molecule has 2 aromatic rings. The minimum atomic E-state index is -0.594. The van der Waals surface area contributed by atoms with Crippen molar-refractivity contribution in [3.05, 3.63) is 59.1 Å². The SMILES string of the molecule is O=C(COc1ccc(Cl)c(F)c1)NC12CC(C1)C(NC(=O)c1cccnc1)C2. The maximum atomic E-state index is 13.4. The van der Waals surface area contributed by atoms with E-state index in [-0.39, 0.29) is 40.8 Å². The van der Waals surface area contributed by atoms with Gasteiger partial charge in [-0.05, 0) is 49.4 Å². The van der Waals surface area contributed by atoms with Gasteiger partial charge < -0.3 is 15.4 Å². The summed E-state index contributed by atoms with van der Waals surface area (Å²) >= 11 is 5.63. The fourth-order valence-electron chi connectivity index (χ4n) is 4.10. The number of amides is 2. The van der Waals surface area contributed by atoms with Crippen LogP contribution < -0.4 is 15.4 Å². The van der Waals surface area contributed by atoms with E-state index in [0.717, 1.165) is 18.9 Å². The van der Waals surface area contributed by atoms with E-state index in [1.165, 1.54) is 18.3 Å². The van der Waals surface area contributed by atoms with Crippen molar-refractivity contribution in [1.29, 1.82) is 0 Å². The van der Waals surface area contributed by atoms with E-state index >= 15 is 0 Å². The molecule has 0 saturated heterocycles. The summed E-state index contributed by atoms with van der Waals surface area (Å²) in [5.41, 5.74) is 0.219. The van der Waals surface area contributed by atoms with Crippen LogP contribution in [0, 0.1) is 11.7 Å². The van der Waals surface area contributed by atoms with Gasteiger partial charge in [0.25, 0.3) is 11.8 Å². The van der Waals surface area contributed by atoms with Crippen LogP contribution in [0.2, 0.25) is 5.02 Å². The second-order valence-corrected chi connectivity index (χ2v) is 7.79. The number of fused-ring (bicyclic) bond motifs is 1. The summed E-state index contributed by atoms with van der Waals surface area (Å²) < 4.78 is 18.8. The molecule has 1 heterocycles. The highest BCUT2D eigenvalue weighted by molar-refractivity contribution is 6.30. The molecule has 1 atom stereocenters. The van der Waals surface area contributed by atoms with Crippen LogP contribution >= 0.6 is 11.6 Å². The first-order chi connectivity index (χ1) is 13.4. The van der Waals surface area contributed by atoms with E-state index in [4.69, 9.17) is 16.3 Å². The molecule has 2 amide bonds. The second-order valence-electron chi connectivity index (χ2n) is 7.39. The average molecular weight is 404 g/mol. The third-order valence-corrected chi connectivity index (χ3v) is 5.70. The lowest BCUT2D eigenvalue weighted by atomic mass is 9.76. The number of hydrogen-bond acceptors (Lipinski definition) is 4. The van der Waals surface area contributed by atoms with E-state index in [1.807, 2.05) is 0 Å². The Balaban J connectivity index is 1.27. The Bertz CT molecular complexity index is 903. The zero-order chi connectivity index (χ0) is 19.7. The van der Waals surface area contributed by atoms with Crippen LogP contribution in [0.25, 0.3) is 0 Å². The van der Waals surface area contributed by atoms with Crippen LogP contribution in [0.5, 0.6) is 5.75 Å². The number of carbonyl (C=O) groups excluding carboxylic acids is 2. The quantitative estimate of drug-likeness (QED) is 0.777. The number of pyridine rings is 1. The summed E-state index contributed by atoms with van der Waals surface area (Å²) in [7, 11) is 0. The Morgan fingerprint density at radius 2 is 2.11 bits per heavy atom. The molecular formula is C20H19ClFN3O3. The van der Waals surface area contributed by atoms with Gasteiger partial charge in [0.15, 0.2) is 6.61 Å². The van der Waals surface area contributed by atoms with Crippen molar-refractivity contribution in [2.75, 3.05) is 6.61 Å². The van der Waals surface area contributed by atoms with E-state index in [9.17, 15) is 14.0 Å². The molecule has 5 rings (SSSR count). The minimum Gasteiger partial charge on any atom is -0.484 e. The highest BCUT2D eigenvalue weighted by atomic mass is 35.5. The van der Waals surface area contributed by atoms with Gasteiger partial charge in [0.05, 0.1) is 10.6 Å². The van der Waals surface area contributed by atoms with E-state index < -0.39 is 5.82 Å². The summed E-state index contributed by atoms with van der Waals surface area (Å²) in [5, 5.41) is 6.05. The van der Waals surface area contributed by atoms with Crippen molar-refractivity contribution in [3.8, 4) is 5.75 Å². The largest absolute Gasteiger partial charge is 0.484 e. The summed E-state index contributed by atoms with van der Waals surface area (Å²) in [6.45, 7) is -0.208. The number of hydrogen-bond donors (Lipinski definition) is 2. The lowest BCUT2D eigenvalue weighted by molar-refractivity contribution is -0.125. The van der Waals surface area contributed by atoms with Crippen LogP contribution in [-0.4, -0.2) is 35.0 Å². The van der Waals surface area contributed by atoms with Crippen molar-refractivity contribution >= 4 is 23.4 Å². The molecule has 0 aliphatic heterocycles. The van der Waals surface area contributed by atoms with Crippen LogP contribution in [0.4, 0.5) is 4.39 Å². The lowest BCUT2D eigenvalue weighted by Crippen LogP contribution is -2.53. The van der Waals surface area contributed by atoms with Crippen molar-refractivity contribution < 1.29 is 18.7 Å². The molecule has 1 aromatic heterocycles. The molecule has 0 spiro atoms. The molecule has 146 valence electrons. The molecule has 1 aromatic carbocycles. The fourth-order valence-corrected chi connectivity index (χ4v) is 4.22. The molecule has 2 N–H and O–H groups in total. The van der Waals surface area contributed by atoms with Gasteiger partial charge in [-0.15, -0.1) is 0 Å². The first-order valence-electron chi connectivity index (χ1n) is 9.04. The molecule has 3 saturated carbocycles. The first kappa shape index (κ1) is 18.7. The van der Waals surface area contributed by atoms with Crippen LogP contribution in [0.15, 0.2) is 42.7 Å². The molecule has 6 nitrogen and oxygen atoms in total. The van der Waals surface area contributed by atoms with Crippen molar-refractivity contribution in [2.45, 2.75) is 30.8 Å². The predicted molar refractivity (Wildman–Crippen MR) is 101 cm³/mol. The van der Waals surface area contributed by atoms with Crippen LogP contribution in [-0.2, 0) is 4.79 Å². The minimum absolute atomic E-state index is 0.00142. The molecule has 8 heteroatoms. The Hall–Kier alpha value is -2.67. The molecule has 2 bridgehead atoms. The Kier molecular flexibility index (Phi) is 4.93. The van der Waals surface area contributed by atoms with Crippen LogP contribution in [0.1, 0.15) is 29.6 Å². The normalized spacial score (nSPS) is 24.9. The monoisotopic (exact) mass is 403 g/mol. The van der Waals surface area contributed by atoms with Gasteiger partial charge in [0.2, 0.25) is 0 Å². The summed E-state index contributed by atoms with van der Waals surface area (Å²) in [6.07, 6.45) is 5.49. The molecule has 3 aliphatic rings. The average Bonchev–Trinajstić information content (AvgIpc) is 3.17. The van der Waals surface area contributed by atoms with Gasteiger partial charge in [-0.2, -0.15) is 0 Å². The van der Waals surface area contributed by atoms with Crippen molar-refractivity contribution in [3.63, 3.8) is 0 Å². The predicted octanol–water partition coefficient (Wildman–Crippen LogP) is 2.72. The number of halogens is 2. The fraction of sp³-hybridized carbons (Fsp3) is 0.350. The lowest BCUT2D eigenvalue weighted by Gasteiger charge is -2.39. The standard InChI is InChI=1S/C20H19ClFN3O3/c21-15-4-3-14(6-16(15)22)28-11-18(26)25-20-7-13(8-20)17(9-20)24-19(27)12-2-1-5-23-10-12/h1-6,10,13,17H,7-9,11H2,(H,24,27)(H,25,26). The molecule has 3 fully saturated rings. The van der Waals surface area contributed by atoms with Crippen molar-refractivity contribution in [1.82, 2.24) is 15.6 Å². The van der Waals surface area contributed by atoms with Gasteiger partial charge in [0, 0.05) is 30.0 Å². The Morgan fingerprint density at radius 3 is 2.82 bits per heavy atom. The number of aromatic nitrogens is 1. The Labute approximate surface area is 166 Å². The van der Waals surface area contributed by atoms with Gasteiger partial charge >= 0.3 is 0 Å². The second kappa shape index (κ2) is 7.39. The highest BCUT2D eigenvalue weighted by Gasteiger charge is 2.57. The van der Waals surface area contributed by atoms with E-state index in [2.05, 4.69) is 15.6 Å². The zero-order valence-electron chi connectivity index (χ0n) is 15.0. The van der Waals surface area contributed by atoms with Crippen LogP contribution in [0.3, 0.4) is 0 Å². The number of benzene rings is 1. The van der Waals surface area contributed by atoms with E-state index in [1.54, 1.807) is 18.3 Å². The number of nitrogens with zero attached hydrogens (tertiary/aromatic N) is 1. The maximum Gasteiger partial charge on any atom is 0.258 e. The zero-order valence-corrected chi connectivity index (χ0v) is 15.7. The highest BCUT2D eigenvalue weighted by Crippen LogP contribution is 2.52. The number of rotatable bonds is 6. The molecule has 1 unspecified atom stereocenters. The van der Waals surface area contributed by atoms with Gasteiger partial charge in [-0.3, -0.25) is 14.6 Å². The number of nitrogens with one attached hydrogen (secondary N) is 2. The third kappa shape index (κ3) is 3.80. The van der Waals surface area contributed by atoms with Crippen molar-refractivity contribution in [2.24, 2.45) is 5.92 Å². The summed E-state index contributed by atoms with van der Waals surface area (Å²) in [4.78, 5) is 28.5. The molecule has 3 aliphatic carbocycles. The first-order valence-corrected chi connectivity index (χ1v) is 9.42. The smallest absolute Gasteiger partial charge is 0.258 e. The molecular weight excluding hydrogens is 385 g/mol. The molecule has 28 heavy (non-hydrogen) atoms. The topological polar surface area (TPSA) is 80.3 Å². The number of carbonyl (C=O) groups is 2. The Morgan fingerprint density at radius 1 is 1.29 bits per heavy atom. The van der Waals surface area contributed by atoms with Gasteiger partial charge in [0.1, 0.15) is 11.6 Å². The maximum absolute atomic E-state index is 13.4. The summed E-state index contributed by atoms with van der Waals surface area (Å²) in [5.74, 6) is -0.419. The molecule has 0 radical (unpaired) electrons. The third-order valence-electron chi connectivity index (χ3n) is 5.39.